The number of hydrogen-bond donors (Lipinski definition) is 1. The molecule has 0 aliphatic carbocycles. The first-order chi connectivity index (χ1) is 14.1. The third kappa shape index (κ3) is 4.31. The fraction of sp³-hybridized carbons (Fsp3) is 0.278. The molecule has 0 bridgehead atoms. The molecule has 2 heterocycles. The third-order valence-electron chi connectivity index (χ3n) is 4.31. The van der Waals surface area contributed by atoms with E-state index in [2.05, 4.69) is 20.5 Å². The van der Waals surface area contributed by atoms with E-state index < -0.39 is 30.2 Å². The van der Waals surface area contributed by atoms with Gasteiger partial charge in [-0.1, -0.05) is 0 Å². The number of hydrogen-bond acceptors (Lipinski definition) is 6. The molecule has 0 unspecified atom stereocenters. The maximum absolute atomic E-state index is 13.1. The van der Waals surface area contributed by atoms with Crippen molar-refractivity contribution < 1.29 is 27.5 Å². The van der Waals surface area contributed by atoms with E-state index in [0.717, 1.165) is 18.2 Å². The van der Waals surface area contributed by atoms with Gasteiger partial charge in [0.25, 0.3) is 5.91 Å². The van der Waals surface area contributed by atoms with E-state index in [4.69, 9.17) is 4.74 Å². The predicted octanol–water partition coefficient (Wildman–Crippen LogP) is 2.43. The number of carbonyl (C=O) groups is 2. The maximum atomic E-state index is 13.1. The molecule has 0 aliphatic heterocycles. The molecule has 1 N–H and O–H groups in total. The first-order valence-corrected chi connectivity index (χ1v) is 8.61. The standard InChI is InChI=1S/C18H17F3N6O3/c1-10-16(11(2)26(3)25-10)17(29)30-7-15(28)24-13-6-12(18(19,20)21)4-5-14(13)27-9-22-8-23-27/h4-6,8-9H,7H2,1-3H3,(H,24,28). The first-order valence-electron chi connectivity index (χ1n) is 8.61. The molecule has 12 heteroatoms. The van der Waals surface area contributed by atoms with Gasteiger partial charge in [-0.3, -0.25) is 9.48 Å². The van der Waals surface area contributed by atoms with E-state index in [9.17, 15) is 22.8 Å². The summed E-state index contributed by atoms with van der Waals surface area (Å²) in [6, 6.07) is 2.79. The van der Waals surface area contributed by atoms with Crippen LogP contribution in [-0.4, -0.2) is 43.0 Å². The first kappa shape index (κ1) is 21.0. The second-order valence-electron chi connectivity index (χ2n) is 6.36. The Morgan fingerprint density at radius 3 is 2.53 bits per heavy atom. The van der Waals surface area contributed by atoms with Crippen molar-refractivity contribution in [2.45, 2.75) is 20.0 Å². The Morgan fingerprint density at radius 2 is 1.97 bits per heavy atom. The summed E-state index contributed by atoms with van der Waals surface area (Å²) in [5.74, 6) is -1.57. The van der Waals surface area contributed by atoms with Crippen LogP contribution in [0, 0.1) is 13.8 Å². The van der Waals surface area contributed by atoms with Crippen molar-refractivity contribution in [1.29, 1.82) is 0 Å². The Morgan fingerprint density at radius 1 is 1.23 bits per heavy atom. The largest absolute Gasteiger partial charge is 0.452 e. The molecule has 3 rings (SSSR count). The van der Waals surface area contributed by atoms with Gasteiger partial charge in [0, 0.05) is 12.7 Å². The molecule has 0 spiro atoms. The molecule has 2 aromatic heterocycles. The molecular formula is C18H17F3N6O3. The van der Waals surface area contributed by atoms with Crippen molar-refractivity contribution in [3.05, 3.63) is 53.4 Å². The lowest BCUT2D eigenvalue weighted by Crippen LogP contribution is -2.22. The van der Waals surface area contributed by atoms with E-state index in [-0.39, 0.29) is 16.9 Å². The van der Waals surface area contributed by atoms with Crippen molar-refractivity contribution in [2.24, 2.45) is 7.05 Å². The van der Waals surface area contributed by atoms with Crippen LogP contribution >= 0.6 is 0 Å². The minimum absolute atomic E-state index is 0.162. The molecule has 30 heavy (non-hydrogen) atoms. The number of carbonyl (C=O) groups excluding carboxylic acids is 2. The average Bonchev–Trinajstić information content (AvgIpc) is 3.28. The minimum atomic E-state index is -4.61. The normalized spacial score (nSPS) is 11.4. The second-order valence-corrected chi connectivity index (χ2v) is 6.36. The SMILES string of the molecule is Cc1nn(C)c(C)c1C(=O)OCC(=O)Nc1cc(C(F)(F)F)ccc1-n1cncn1. The van der Waals surface area contributed by atoms with E-state index in [1.165, 1.54) is 22.0 Å². The lowest BCUT2D eigenvalue weighted by atomic mass is 10.1. The molecule has 0 radical (unpaired) electrons. The van der Waals surface area contributed by atoms with Crippen LogP contribution in [0.3, 0.4) is 0 Å². The molecule has 158 valence electrons. The Bertz CT molecular complexity index is 1090. The van der Waals surface area contributed by atoms with Crippen LogP contribution in [0.15, 0.2) is 30.9 Å². The van der Waals surface area contributed by atoms with Crippen LogP contribution in [0.1, 0.15) is 27.3 Å². The molecule has 0 aliphatic rings. The number of alkyl halides is 3. The van der Waals surface area contributed by atoms with Crippen molar-refractivity contribution in [3.63, 3.8) is 0 Å². The van der Waals surface area contributed by atoms with Crippen molar-refractivity contribution in [1.82, 2.24) is 24.5 Å². The molecular weight excluding hydrogens is 405 g/mol. The lowest BCUT2D eigenvalue weighted by Gasteiger charge is -2.14. The number of nitrogens with one attached hydrogen (secondary N) is 1. The van der Waals surface area contributed by atoms with Crippen LogP contribution in [0.5, 0.6) is 0 Å². The van der Waals surface area contributed by atoms with Crippen molar-refractivity contribution in [2.75, 3.05) is 11.9 Å². The van der Waals surface area contributed by atoms with Crippen LogP contribution in [0.4, 0.5) is 18.9 Å². The van der Waals surface area contributed by atoms with Gasteiger partial charge in [0.1, 0.15) is 18.2 Å². The second kappa shape index (κ2) is 7.97. The van der Waals surface area contributed by atoms with Crippen molar-refractivity contribution in [3.8, 4) is 5.69 Å². The number of halogens is 3. The highest BCUT2D eigenvalue weighted by Gasteiger charge is 2.31. The zero-order valence-corrected chi connectivity index (χ0v) is 16.2. The number of amides is 1. The zero-order valence-electron chi connectivity index (χ0n) is 16.2. The minimum Gasteiger partial charge on any atom is -0.452 e. The maximum Gasteiger partial charge on any atom is 0.416 e. The summed E-state index contributed by atoms with van der Waals surface area (Å²) >= 11 is 0. The van der Waals surface area contributed by atoms with Gasteiger partial charge in [0.05, 0.1) is 22.6 Å². The predicted molar refractivity (Wildman–Crippen MR) is 98.0 cm³/mol. The van der Waals surface area contributed by atoms with E-state index in [0.29, 0.717) is 11.4 Å². The van der Waals surface area contributed by atoms with E-state index in [1.54, 1.807) is 20.9 Å². The lowest BCUT2D eigenvalue weighted by molar-refractivity contribution is -0.137. The highest BCUT2D eigenvalue weighted by molar-refractivity contribution is 5.97. The van der Waals surface area contributed by atoms with Crippen LogP contribution in [0.2, 0.25) is 0 Å². The monoisotopic (exact) mass is 422 g/mol. The number of esters is 1. The molecule has 0 saturated carbocycles. The molecule has 9 nitrogen and oxygen atoms in total. The van der Waals surface area contributed by atoms with Gasteiger partial charge in [-0.25, -0.2) is 14.5 Å². The Kier molecular flexibility index (Phi) is 5.58. The summed E-state index contributed by atoms with van der Waals surface area (Å²) in [5.41, 5.74) is 0.271. The fourth-order valence-electron chi connectivity index (χ4n) is 2.80. The summed E-state index contributed by atoms with van der Waals surface area (Å²) in [4.78, 5) is 28.3. The van der Waals surface area contributed by atoms with Crippen LogP contribution in [0.25, 0.3) is 5.69 Å². The summed E-state index contributed by atoms with van der Waals surface area (Å²) in [6.45, 7) is 2.60. The Labute approximate surface area is 168 Å². The molecule has 1 amide bonds. The molecule has 0 fully saturated rings. The van der Waals surface area contributed by atoms with Gasteiger partial charge >= 0.3 is 12.1 Å². The third-order valence-corrected chi connectivity index (χ3v) is 4.31. The van der Waals surface area contributed by atoms with Gasteiger partial charge < -0.3 is 10.1 Å². The highest BCUT2D eigenvalue weighted by atomic mass is 19.4. The quantitative estimate of drug-likeness (QED) is 0.634. The summed E-state index contributed by atoms with van der Waals surface area (Å²) in [5, 5.41) is 10.3. The molecule has 0 atom stereocenters. The molecule has 1 aromatic carbocycles. The summed E-state index contributed by atoms with van der Waals surface area (Å²) in [7, 11) is 1.66. The number of aromatic nitrogens is 5. The van der Waals surface area contributed by atoms with Crippen LogP contribution < -0.4 is 5.32 Å². The Hall–Kier alpha value is -3.70. The van der Waals surface area contributed by atoms with E-state index >= 15 is 0 Å². The smallest absolute Gasteiger partial charge is 0.416 e. The Balaban J connectivity index is 1.77. The van der Waals surface area contributed by atoms with Gasteiger partial charge in [-0.15, -0.1) is 0 Å². The highest BCUT2D eigenvalue weighted by Crippen LogP contribution is 2.33. The van der Waals surface area contributed by atoms with Gasteiger partial charge in [-0.2, -0.15) is 23.4 Å². The number of nitrogens with zero attached hydrogens (tertiary/aromatic N) is 5. The topological polar surface area (TPSA) is 104 Å². The number of ether oxygens (including phenoxy) is 1. The number of anilines is 1. The molecule has 0 saturated heterocycles. The van der Waals surface area contributed by atoms with Crippen LogP contribution in [-0.2, 0) is 22.8 Å². The number of rotatable bonds is 5. The molecule has 3 aromatic rings. The van der Waals surface area contributed by atoms with Gasteiger partial charge in [0.2, 0.25) is 0 Å². The average molecular weight is 422 g/mol. The zero-order chi connectivity index (χ0) is 22.1. The summed E-state index contributed by atoms with van der Waals surface area (Å²) < 4.78 is 46.9. The fourth-order valence-corrected chi connectivity index (χ4v) is 2.80. The number of aryl methyl sites for hydroxylation is 2. The summed E-state index contributed by atoms with van der Waals surface area (Å²) in [6.07, 6.45) is -2.14. The van der Waals surface area contributed by atoms with Gasteiger partial charge in [-0.05, 0) is 32.0 Å². The van der Waals surface area contributed by atoms with E-state index in [1.807, 2.05) is 0 Å². The van der Waals surface area contributed by atoms with Gasteiger partial charge in [0.15, 0.2) is 6.61 Å². The number of benzene rings is 1. The van der Waals surface area contributed by atoms with Crippen molar-refractivity contribution >= 4 is 17.6 Å².